The number of azide groups is 1. The van der Waals surface area contributed by atoms with Gasteiger partial charge in [-0.1, -0.05) is 5.11 Å². The highest BCUT2D eigenvalue weighted by Gasteiger charge is 2.60. The lowest BCUT2D eigenvalue weighted by atomic mass is 9.93. The number of nitrogens with one attached hydrogen (secondary N) is 1. The number of nitrogen functional groups attached to an aromatic ring is 1. The van der Waals surface area contributed by atoms with Crippen LogP contribution in [0.4, 0.5) is 5.95 Å². The second kappa shape index (κ2) is 9.33. The maximum atomic E-state index is 13.1. The van der Waals surface area contributed by atoms with Crippen molar-refractivity contribution >= 4 is 30.8 Å². The van der Waals surface area contributed by atoms with Crippen LogP contribution in [0.15, 0.2) is 11.4 Å². The molecule has 5 atom stereocenters. The predicted octanol–water partition coefficient (Wildman–Crippen LogP) is 1.45. The molecule has 2 aromatic heterocycles. The number of nitrogens with zero attached hydrogens (tertiary/aromatic N) is 7. The van der Waals surface area contributed by atoms with E-state index in [0.29, 0.717) is 12.1 Å². The van der Waals surface area contributed by atoms with Gasteiger partial charge in [0.15, 0.2) is 17.4 Å². The van der Waals surface area contributed by atoms with Gasteiger partial charge in [-0.25, -0.2) is 14.6 Å². The molecule has 0 bridgehead atoms. The fourth-order valence-corrected chi connectivity index (χ4v) is 5.41. The third-order valence-electron chi connectivity index (χ3n) is 5.30. The predicted molar refractivity (Wildman–Crippen MR) is 115 cm³/mol. The minimum Gasteiger partial charge on any atom is -0.476 e. The van der Waals surface area contributed by atoms with Gasteiger partial charge in [0.1, 0.15) is 24.3 Å². The summed E-state index contributed by atoms with van der Waals surface area (Å²) in [5, 5.41) is 6.39. The number of carbonyl (C=O) groups excluding carboxylic acids is 1. The van der Waals surface area contributed by atoms with Crippen LogP contribution in [0.5, 0.6) is 5.88 Å². The summed E-state index contributed by atoms with van der Waals surface area (Å²) in [6, 6.07) is 0. The molecule has 1 unspecified atom stereocenters. The molecular weight excluding hydrogens is 473 g/mol. The number of rotatable bonds is 8. The van der Waals surface area contributed by atoms with Gasteiger partial charge in [-0.15, -0.1) is 0 Å². The average Bonchev–Trinajstić information content (AvgIpc) is 3.32. The number of anilines is 1. The fourth-order valence-electron chi connectivity index (χ4n) is 3.87. The second-order valence-corrected chi connectivity index (χ2v) is 9.33. The molecule has 0 radical (unpaired) electrons. The minimum absolute atomic E-state index is 0.0501. The zero-order chi connectivity index (χ0) is 24.5. The van der Waals surface area contributed by atoms with Crippen LogP contribution in [-0.4, -0.2) is 69.6 Å². The van der Waals surface area contributed by atoms with Crippen molar-refractivity contribution in [2.24, 2.45) is 5.11 Å². The van der Waals surface area contributed by atoms with E-state index in [1.807, 2.05) is 0 Å². The number of fused-ring (bicyclic) bond motifs is 2. The first-order valence-electron chi connectivity index (χ1n) is 10.4. The molecule has 184 valence electrons. The monoisotopic (exact) mass is 497 g/mol. The van der Waals surface area contributed by atoms with Crippen LogP contribution in [0.3, 0.4) is 0 Å². The number of esters is 1. The van der Waals surface area contributed by atoms with Gasteiger partial charge in [0.25, 0.3) is 0 Å². The topological polar surface area (TPSA) is 211 Å². The van der Waals surface area contributed by atoms with E-state index in [4.69, 9.17) is 29.0 Å². The van der Waals surface area contributed by atoms with Crippen LogP contribution in [0, 0.1) is 0 Å². The SMILES string of the molecule is CCOC(=O)CNP1(=O)OC[C@@H]2O[C@@H](n3cnc4c(OCC)nc(N)nc43)[C@](C)(N=[N+]=[N-])[C@@H]2O1. The van der Waals surface area contributed by atoms with Gasteiger partial charge >= 0.3 is 13.7 Å². The van der Waals surface area contributed by atoms with Crippen molar-refractivity contribution < 1.29 is 32.6 Å². The molecule has 2 saturated heterocycles. The number of nitrogens with two attached hydrogens (primary N) is 1. The maximum absolute atomic E-state index is 13.1. The van der Waals surface area contributed by atoms with E-state index in [1.54, 1.807) is 20.8 Å². The van der Waals surface area contributed by atoms with E-state index in [1.165, 1.54) is 10.9 Å². The van der Waals surface area contributed by atoms with E-state index in [-0.39, 0.29) is 30.7 Å². The molecule has 0 aromatic carbocycles. The molecule has 0 amide bonds. The average molecular weight is 497 g/mol. The van der Waals surface area contributed by atoms with Gasteiger partial charge in [-0.2, -0.15) is 9.97 Å². The quantitative estimate of drug-likeness (QED) is 0.174. The van der Waals surface area contributed by atoms with Gasteiger partial charge in [-0.05, 0) is 26.3 Å². The largest absolute Gasteiger partial charge is 0.476 e. The Labute approximate surface area is 193 Å². The molecule has 2 aliphatic heterocycles. The van der Waals surface area contributed by atoms with E-state index in [0.717, 1.165) is 0 Å². The molecule has 2 aliphatic rings. The van der Waals surface area contributed by atoms with Crippen LogP contribution >= 0.6 is 7.75 Å². The molecule has 0 spiro atoms. The van der Waals surface area contributed by atoms with Crippen LogP contribution < -0.4 is 15.6 Å². The van der Waals surface area contributed by atoms with Crippen molar-refractivity contribution in [2.75, 3.05) is 32.1 Å². The highest BCUT2D eigenvalue weighted by Crippen LogP contribution is 2.56. The third kappa shape index (κ3) is 4.27. The van der Waals surface area contributed by atoms with E-state index in [9.17, 15) is 14.9 Å². The van der Waals surface area contributed by atoms with E-state index < -0.39 is 44.2 Å². The molecule has 0 saturated carbocycles. The summed E-state index contributed by atoms with van der Waals surface area (Å²) in [5.41, 5.74) is 14.4. The lowest BCUT2D eigenvalue weighted by molar-refractivity contribution is -0.141. The molecule has 0 aliphatic carbocycles. The maximum Gasteiger partial charge on any atom is 0.406 e. The smallest absolute Gasteiger partial charge is 0.406 e. The van der Waals surface area contributed by atoms with E-state index in [2.05, 4.69) is 30.1 Å². The first kappa shape index (κ1) is 24.1. The normalized spacial score (nSPS) is 30.5. The molecular formula is C17H24N9O7P. The lowest BCUT2D eigenvalue weighted by Gasteiger charge is -2.36. The van der Waals surface area contributed by atoms with Crippen molar-refractivity contribution in [3.8, 4) is 5.88 Å². The zero-order valence-corrected chi connectivity index (χ0v) is 19.5. The van der Waals surface area contributed by atoms with Crippen LogP contribution in [0.2, 0.25) is 0 Å². The van der Waals surface area contributed by atoms with Gasteiger partial charge in [-0.3, -0.25) is 18.4 Å². The molecule has 17 heteroatoms. The molecule has 16 nitrogen and oxygen atoms in total. The molecule has 2 fully saturated rings. The summed E-state index contributed by atoms with van der Waals surface area (Å²) < 4.78 is 42.2. The number of ether oxygens (including phenoxy) is 3. The van der Waals surface area contributed by atoms with Crippen molar-refractivity contribution in [1.29, 1.82) is 0 Å². The lowest BCUT2D eigenvalue weighted by Crippen LogP contribution is -2.47. The standard InChI is InChI=1S/C17H24N9O7P/c1-4-29-10(27)6-21-34(28)31-7-9-12(33-34)17(3,24-25-19)15(32-9)26-8-20-11-13(26)22-16(18)23-14(11)30-5-2/h8-9,12,15H,4-7H2,1-3H3,(H,21,28)(H2,18,22,23)/t9-,12+,15+,17+,34?/m0/s1. The summed E-state index contributed by atoms with van der Waals surface area (Å²) in [6.07, 6.45) is -1.30. The van der Waals surface area contributed by atoms with Crippen molar-refractivity contribution in [2.45, 2.75) is 44.7 Å². The summed E-state index contributed by atoms with van der Waals surface area (Å²) in [4.78, 5) is 27.2. The highest BCUT2D eigenvalue weighted by molar-refractivity contribution is 7.51. The summed E-state index contributed by atoms with van der Waals surface area (Å²) in [6.45, 7) is 4.97. The molecule has 4 rings (SSSR count). The van der Waals surface area contributed by atoms with Gasteiger partial charge < -0.3 is 19.9 Å². The van der Waals surface area contributed by atoms with Crippen molar-refractivity contribution in [3.05, 3.63) is 16.8 Å². The fraction of sp³-hybridized carbons (Fsp3) is 0.647. The Kier molecular flexibility index (Phi) is 6.62. The highest BCUT2D eigenvalue weighted by atomic mass is 31.2. The second-order valence-electron chi connectivity index (χ2n) is 7.55. The van der Waals surface area contributed by atoms with Gasteiger partial charge in [0.2, 0.25) is 11.8 Å². The summed E-state index contributed by atoms with van der Waals surface area (Å²) in [5.74, 6) is -0.486. The Hall–Kier alpha value is -3.00. The van der Waals surface area contributed by atoms with E-state index >= 15 is 0 Å². The van der Waals surface area contributed by atoms with Crippen LogP contribution in [-0.2, 0) is 27.9 Å². The van der Waals surface area contributed by atoms with Crippen molar-refractivity contribution in [1.82, 2.24) is 24.6 Å². The minimum atomic E-state index is -3.95. The Morgan fingerprint density at radius 1 is 1.47 bits per heavy atom. The first-order chi connectivity index (χ1) is 16.2. The van der Waals surface area contributed by atoms with Crippen molar-refractivity contribution in [3.63, 3.8) is 0 Å². The number of hydrogen-bond donors (Lipinski definition) is 2. The molecule has 2 aromatic rings. The van der Waals surface area contributed by atoms with Crippen LogP contribution in [0.25, 0.3) is 21.6 Å². The van der Waals surface area contributed by atoms with Crippen LogP contribution in [0.1, 0.15) is 27.0 Å². The summed E-state index contributed by atoms with van der Waals surface area (Å²) in [7, 11) is -3.95. The molecule has 4 heterocycles. The molecule has 3 N–H and O–H groups in total. The zero-order valence-electron chi connectivity index (χ0n) is 18.7. The first-order valence-corrected chi connectivity index (χ1v) is 12.0. The Morgan fingerprint density at radius 2 is 2.26 bits per heavy atom. The number of aromatic nitrogens is 4. The number of imidazole rings is 1. The number of carbonyl (C=O) groups is 1. The Morgan fingerprint density at radius 3 is 2.97 bits per heavy atom. The summed E-state index contributed by atoms with van der Waals surface area (Å²) >= 11 is 0. The van der Waals surface area contributed by atoms with Gasteiger partial charge in [0.05, 0.1) is 26.1 Å². The Bertz CT molecular complexity index is 1190. The Balaban J connectivity index is 1.67. The number of hydrogen-bond acceptors (Lipinski definition) is 12. The molecule has 34 heavy (non-hydrogen) atoms. The van der Waals surface area contributed by atoms with Gasteiger partial charge in [0, 0.05) is 4.91 Å². The third-order valence-corrected chi connectivity index (χ3v) is 6.84.